The molecule has 4 heterocycles. The van der Waals surface area contributed by atoms with Crippen LogP contribution < -0.4 is 9.80 Å². The highest BCUT2D eigenvalue weighted by molar-refractivity contribution is 5.79. The molecule has 0 spiro atoms. The molecular weight excluding hydrogens is 362 g/mol. The lowest BCUT2D eigenvalue weighted by molar-refractivity contribution is -0.139. The summed E-state index contributed by atoms with van der Waals surface area (Å²) < 4.78 is 6.61. The molecule has 0 radical (unpaired) electrons. The molecule has 1 aromatic carbocycles. The zero-order valence-electron chi connectivity index (χ0n) is 17.9. The zero-order valence-corrected chi connectivity index (χ0v) is 17.9. The molecule has 0 bridgehead atoms. The highest BCUT2D eigenvalue weighted by Gasteiger charge is 2.48. The number of hydrogen-bond donors (Lipinski definition) is 1. The molecular formula is C24H36N3O2+. The fourth-order valence-electron chi connectivity index (χ4n) is 6.46. The second-order valence-electron chi connectivity index (χ2n) is 9.64. The van der Waals surface area contributed by atoms with Crippen LogP contribution in [0.1, 0.15) is 50.2 Å². The highest BCUT2D eigenvalue weighted by atomic mass is 16.5. The minimum Gasteiger partial charge on any atom is -0.381 e. The maximum absolute atomic E-state index is 13.1. The molecule has 0 aromatic heterocycles. The topological polar surface area (TPSA) is 41.6 Å². The second-order valence-corrected chi connectivity index (χ2v) is 9.64. The molecule has 3 fully saturated rings. The summed E-state index contributed by atoms with van der Waals surface area (Å²) in [7, 11) is 0. The minimum atomic E-state index is 0.162. The van der Waals surface area contributed by atoms with Crippen LogP contribution in [-0.2, 0) is 22.5 Å². The molecule has 3 saturated heterocycles. The van der Waals surface area contributed by atoms with Gasteiger partial charge in [-0.25, -0.2) is 0 Å². The van der Waals surface area contributed by atoms with Crippen LogP contribution in [0.25, 0.3) is 0 Å². The molecule has 1 unspecified atom stereocenters. The average Bonchev–Trinajstić information content (AvgIpc) is 3.43. The third kappa shape index (κ3) is 3.41. The van der Waals surface area contributed by atoms with Crippen molar-refractivity contribution in [2.45, 2.75) is 64.1 Å². The summed E-state index contributed by atoms with van der Waals surface area (Å²) >= 11 is 0. The van der Waals surface area contributed by atoms with E-state index < -0.39 is 0 Å². The Bertz CT molecular complexity index is 754. The van der Waals surface area contributed by atoms with E-state index in [0.29, 0.717) is 18.0 Å². The Morgan fingerprint density at radius 2 is 2.03 bits per heavy atom. The van der Waals surface area contributed by atoms with E-state index in [-0.39, 0.29) is 5.92 Å². The van der Waals surface area contributed by atoms with Gasteiger partial charge in [0.25, 0.3) is 0 Å². The van der Waals surface area contributed by atoms with Crippen LogP contribution in [0.4, 0.5) is 5.69 Å². The number of carbonyl (C=O) groups is 1. The van der Waals surface area contributed by atoms with Gasteiger partial charge in [0.1, 0.15) is 11.7 Å². The molecule has 0 aliphatic carbocycles. The molecule has 4 aliphatic rings. The van der Waals surface area contributed by atoms with Crippen LogP contribution in [0.5, 0.6) is 0 Å². The summed E-state index contributed by atoms with van der Waals surface area (Å²) in [6, 6.07) is 8.62. The smallest absolute Gasteiger partial charge is 0.226 e. The van der Waals surface area contributed by atoms with Crippen molar-refractivity contribution in [1.29, 1.82) is 0 Å². The fraction of sp³-hybridized carbons (Fsp3) is 0.708. The van der Waals surface area contributed by atoms with Gasteiger partial charge >= 0.3 is 0 Å². The van der Waals surface area contributed by atoms with Gasteiger partial charge in [-0.05, 0) is 43.4 Å². The van der Waals surface area contributed by atoms with Crippen molar-refractivity contribution in [2.75, 3.05) is 39.4 Å². The molecule has 3 atom stereocenters. The maximum atomic E-state index is 13.1. The summed E-state index contributed by atoms with van der Waals surface area (Å²) in [4.78, 5) is 15.2. The van der Waals surface area contributed by atoms with Crippen LogP contribution >= 0.6 is 0 Å². The third-order valence-electron chi connectivity index (χ3n) is 8.19. The normalized spacial score (nSPS) is 33.1. The van der Waals surface area contributed by atoms with Crippen molar-refractivity contribution in [3.05, 3.63) is 29.3 Å². The van der Waals surface area contributed by atoms with Crippen LogP contribution in [-0.4, -0.2) is 62.3 Å². The number of benzene rings is 1. The standard InChI is InChI=1S/C24H36N3O2/c1-18-3-2-12-27(18,23-6-10-25-16-23)22-5-4-19-7-11-26(17-21(19)15-22)24(28)20-8-13-29-14-9-20/h4-5,15,18,20,23,25H,2-3,6-14,16-17H2,1H3/q+1/t18-,23-,27?/m0/s1. The first-order valence-electron chi connectivity index (χ1n) is 11.8. The van der Waals surface area contributed by atoms with Gasteiger partial charge < -0.3 is 15.0 Å². The van der Waals surface area contributed by atoms with Crippen molar-refractivity contribution < 1.29 is 9.53 Å². The monoisotopic (exact) mass is 398 g/mol. The van der Waals surface area contributed by atoms with Gasteiger partial charge in [-0.1, -0.05) is 6.07 Å². The first-order valence-corrected chi connectivity index (χ1v) is 11.8. The molecule has 1 aromatic rings. The quantitative estimate of drug-likeness (QED) is 0.796. The van der Waals surface area contributed by atoms with E-state index in [1.807, 2.05) is 0 Å². The van der Waals surface area contributed by atoms with E-state index in [0.717, 1.165) is 63.1 Å². The zero-order chi connectivity index (χ0) is 19.8. The summed E-state index contributed by atoms with van der Waals surface area (Å²) in [5.74, 6) is 0.512. The number of likely N-dealkylation sites (tertiary alicyclic amines) is 1. The van der Waals surface area contributed by atoms with Gasteiger partial charge in [0.2, 0.25) is 5.91 Å². The van der Waals surface area contributed by atoms with Crippen molar-refractivity contribution in [3.8, 4) is 0 Å². The summed E-state index contributed by atoms with van der Waals surface area (Å²) in [6.45, 7) is 9.12. The highest BCUT2D eigenvalue weighted by Crippen LogP contribution is 2.40. The van der Waals surface area contributed by atoms with E-state index in [2.05, 4.69) is 35.3 Å². The van der Waals surface area contributed by atoms with Crippen molar-refractivity contribution >= 4 is 11.6 Å². The largest absolute Gasteiger partial charge is 0.381 e. The molecule has 158 valence electrons. The van der Waals surface area contributed by atoms with Crippen molar-refractivity contribution in [1.82, 2.24) is 14.7 Å². The number of quaternary nitrogens is 1. The Labute approximate surface area is 175 Å². The Morgan fingerprint density at radius 3 is 2.76 bits per heavy atom. The van der Waals surface area contributed by atoms with Gasteiger partial charge in [0.05, 0.1) is 12.6 Å². The van der Waals surface area contributed by atoms with E-state index in [1.54, 1.807) is 0 Å². The Hall–Kier alpha value is -1.43. The van der Waals surface area contributed by atoms with Crippen LogP contribution in [0, 0.1) is 5.92 Å². The average molecular weight is 399 g/mol. The Balaban J connectivity index is 1.41. The molecule has 29 heavy (non-hydrogen) atoms. The van der Waals surface area contributed by atoms with Crippen LogP contribution in [0.15, 0.2) is 18.2 Å². The van der Waals surface area contributed by atoms with E-state index in [9.17, 15) is 4.79 Å². The first kappa shape index (κ1) is 19.5. The number of rotatable bonds is 3. The van der Waals surface area contributed by atoms with Crippen molar-refractivity contribution in [2.24, 2.45) is 5.92 Å². The molecule has 1 N–H and O–H groups in total. The Morgan fingerprint density at radius 1 is 1.17 bits per heavy atom. The van der Waals surface area contributed by atoms with E-state index in [4.69, 9.17) is 4.74 Å². The van der Waals surface area contributed by atoms with Gasteiger partial charge in [-0.3, -0.25) is 9.28 Å². The van der Waals surface area contributed by atoms with Crippen LogP contribution in [0.3, 0.4) is 0 Å². The summed E-state index contributed by atoms with van der Waals surface area (Å²) in [6.07, 6.45) is 6.68. The number of ether oxygens (including phenoxy) is 1. The molecule has 5 nitrogen and oxygen atoms in total. The fourth-order valence-corrected chi connectivity index (χ4v) is 6.46. The van der Waals surface area contributed by atoms with Crippen molar-refractivity contribution in [3.63, 3.8) is 0 Å². The molecule has 5 rings (SSSR count). The molecule has 5 heteroatoms. The first-order chi connectivity index (χ1) is 14.2. The number of fused-ring (bicyclic) bond motifs is 1. The van der Waals surface area contributed by atoms with Gasteiger partial charge in [0.15, 0.2) is 0 Å². The predicted molar refractivity (Wildman–Crippen MR) is 116 cm³/mol. The Kier molecular flexibility index (Phi) is 5.39. The van der Waals surface area contributed by atoms with E-state index >= 15 is 0 Å². The number of amides is 1. The third-order valence-corrected chi connectivity index (χ3v) is 8.19. The molecule has 0 saturated carbocycles. The lowest BCUT2D eigenvalue weighted by Crippen LogP contribution is -2.59. The second kappa shape index (κ2) is 8.01. The van der Waals surface area contributed by atoms with Gasteiger partial charge in [0, 0.05) is 70.6 Å². The summed E-state index contributed by atoms with van der Waals surface area (Å²) in [5.41, 5.74) is 4.32. The summed E-state index contributed by atoms with van der Waals surface area (Å²) in [5, 5.41) is 3.61. The maximum Gasteiger partial charge on any atom is 0.226 e. The van der Waals surface area contributed by atoms with E-state index in [1.165, 1.54) is 42.6 Å². The number of carbonyl (C=O) groups excluding carboxylic acids is 1. The number of nitrogens with zero attached hydrogens (tertiary/aromatic N) is 2. The van der Waals surface area contributed by atoms with Gasteiger partial charge in [-0.2, -0.15) is 0 Å². The number of nitrogens with one attached hydrogen (secondary N) is 1. The lowest BCUT2D eigenvalue weighted by atomic mass is 9.94. The number of hydrogen-bond acceptors (Lipinski definition) is 3. The molecule has 1 amide bonds. The predicted octanol–water partition coefficient (Wildman–Crippen LogP) is 2.85. The molecule has 4 aliphatic heterocycles. The van der Waals surface area contributed by atoms with Crippen LogP contribution in [0.2, 0.25) is 0 Å². The van der Waals surface area contributed by atoms with Gasteiger partial charge in [-0.15, -0.1) is 0 Å². The lowest BCUT2D eigenvalue weighted by Gasteiger charge is -2.44. The minimum absolute atomic E-state index is 0.162. The SMILES string of the molecule is C[C@H]1CCC[N+]1(c1ccc2c(c1)CN(C(=O)C1CCOCC1)CC2)[C@H]1CCNC1.